The van der Waals surface area contributed by atoms with Crippen molar-refractivity contribution in [1.82, 2.24) is 29.9 Å². The molecule has 4 N–H and O–H groups in total. The second kappa shape index (κ2) is 10.1. The normalized spacial score (nSPS) is 12.4. The Morgan fingerprint density at radius 3 is 2.71 bits per heavy atom. The van der Waals surface area contributed by atoms with Crippen LogP contribution in [-0.2, 0) is 4.57 Å². The number of aliphatic hydroxyl groups excluding tert-OH is 2. The van der Waals surface area contributed by atoms with Gasteiger partial charge < -0.3 is 25.4 Å². The fourth-order valence-electron chi connectivity index (χ4n) is 2.77. The number of rotatable bonds is 9. The molecule has 2 atom stereocenters. The van der Waals surface area contributed by atoms with Crippen molar-refractivity contribution in [2.24, 2.45) is 0 Å². The molecule has 0 aliphatic carbocycles. The van der Waals surface area contributed by atoms with E-state index in [9.17, 15) is 14.8 Å². The second-order valence-electron chi connectivity index (χ2n) is 6.86. The van der Waals surface area contributed by atoms with Gasteiger partial charge in [-0.25, -0.2) is 0 Å². The first-order valence-electron chi connectivity index (χ1n) is 9.70. The average molecular weight is 507 g/mol. The SMILES string of the molecule is C[P+](=O)Oc1ccc(O)c(-n2nc3ccc(Nc4nc(Cl)nc(OCC(O)CO)n4)cc3n2)c1. The number of halogens is 1. The zero-order valence-electron chi connectivity index (χ0n) is 17.5. The Bertz CT molecular complexity index is 1350. The van der Waals surface area contributed by atoms with Gasteiger partial charge in [-0.05, 0) is 46.5 Å². The number of aromatic hydroxyl groups is 1. The maximum atomic E-state index is 11.4. The highest BCUT2D eigenvalue weighted by Gasteiger charge is 2.16. The minimum absolute atomic E-state index is 0.0800. The number of aromatic nitrogens is 6. The van der Waals surface area contributed by atoms with Gasteiger partial charge in [0.2, 0.25) is 11.2 Å². The zero-order chi connectivity index (χ0) is 24.2. The van der Waals surface area contributed by atoms with Gasteiger partial charge in [0.25, 0.3) is 0 Å². The van der Waals surface area contributed by atoms with Crippen LogP contribution in [0.3, 0.4) is 0 Å². The molecule has 2 heterocycles. The van der Waals surface area contributed by atoms with Crippen LogP contribution in [0.1, 0.15) is 0 Å². The Kier molecular flexibility index (Phi) is 6.98. The summed E-state index contributed by atoms with van der Waals surface area (Å²) in [4.78, 5) is 13.1. The highest BCUT2D eigenvalue weighted by Crippen LogP contribution is 2.31. The van der Waals surface area contributed by atoms with Crippen molar-refractivity contribution >= 4 is 42.3 Å². The molecule has 34 heavy (non-hydrogen) atoms. The lowest BCUT2D eigenvalue weighted by Crippen LogP contribution is -2.22. The smallest absolute Gasteiger partial charge is 0.506 e. The highest BCUT2D eigenvalue weighted by atomic mass is 35.5. The molecule has 2 unspecified atom stereocenters. The number of ether oxygens (including phenoxy) is 1. The molecule has 2 aromatic carbocycles. The molecule has 0 spiro atoms. The average Bonchev–Trinajstić information content (AvgIpc) is 3.21. The molecule has 15 heteroatoms. The fourth-order valence-corrected chi connectivity index (χ4v) is 3.34. The molecular weight excluding hydrogens is 489 g/mol. The molecule has 13 nitrogen and oxygen atoms in total. The molecule has 176 valence electrons. The zero-order valence-corrected chi connectivity index (χ0v) is 19.2. The Morgan fingerprint density at radius 1 is 1.15 bits per heavy atom. The molecule has 4 aromatic rings. The second-order valence-corrected chi connectivity index (χ2v) is 8.26. The summed E-state index contributed by atoms with van der Waals surface area (Å²) in [5, 5.41) is 40.1. The Hall–Kier alpha value is -3.64. The number of nitrogens with zero attached hydrogens (tertiary/aromatic N) is 6. The van der Waals surface area contributed by atoms with Crippen molar-refractivity contribution in [2.75, 3.05) is 25.2 Å². The third-order valence-corrected chi connectivity index (χ3v) is 4.87. The van der Waals surface area contributed by atoms with Crippen molar-refractivity contribution < 1.29 is 29.1 Å². The molecule has 2 aromatic heterocycles. The number of phenols is 1. The first-order chi connectivity index (χ1) is 16.3. The molecule has 0 fully saturated rings. The van der Waals surface area contributed by atoms with E-state index in [0.717, 1.165) is 0 Å². The number of benzene rings is 2. The summed E-state index contributed by atoms with van der Waals surface area (Å²) in [5.41, 5.74) is 1.82. The summed E-state index contributed by atoms with van der Waals surface area (Å²) >= 11 is 5.92. The van der Waals surface area contributed by atoms with Crippen molar-refractivity contribution in [1.29, 1.82) is 0 Å². The van der Waals surface area contributed by atoms with Gasteiger partial charge in [-0.3, -0.25) is 4.52 Å². The number of nitrogens with one attached hydrogen (secondary N) is 1. The van der Waals surface area contributed by atoms with Crippen LogP contribution in [0, 0.1) is 0 Å². The summed E-state index contributed by atoms with van der Waals surface area (Å²) in [7, 11) is -1.88. The van der Waals surface area contributed by atoms with Crippen LogP contribution in [0.2, 0.25) is 5.28 Å². The van der Waals surface area contributed by atoms with E-state index in [0.29, 0.717) is 22.5 Å². The van der Waals surface area contributed by atoms with Crippen LogP contribution in [0.4, 0.5) is 11.6 Å². The Labute approximate surface area is 197 Å². The van der Waals surface area contributed by atoms with E-state index in [4.69, 9.17) is 26.0 Å². The molecule has 0 saturated heterocycles. The van der Waals surface area contributed by atoms with Gasteiger partial charge in [-0.15, -0.1) is 15.0 Å². The highest BCUT2D eigenvalue weighted by molar-refractivity contribution is 7.38. The number of aliphatic hydroxyl groups is 2. The third kappa shape index (κ3) is 5.64. The summed E-state index contributed by atoms with van der Waals surface area (Å²) in [5.74, 6) is 0.295. The maximum Gasteiger partial charge on any atom is 0.552 e. The Morgan fingerprint density at radius 2 is 1.94 bits per heavy atom. The molecule has 0 aliphatic heterocycles. The van der Waals surface area contributed by atoms with E-state index in [1.165, 1.54) is 29.7 Å². The molecule has 0 bridgehead atoms. The van der Waals surface area contributed by atoms with Gasteiger partial charge in [0.15, 0.2) is 12.4 Å². The number of anilines is 2. The number of hydrogen-bond acceptors (Lipinski definition) is 12. The van der Waals surface area contributed by atoms with Gasteiger partial charge in [-0.2, -0.15) is 15.0 Å². The van der Waals surface area contributed by atoms with E-state index in [1.807, 2.05) is 0 Å². The van der Waals surface area contributed by atoms with Gasteiger partial charge in [0.1, 0.15) is 35.2 Å². The van der Waals surface area contributed by atoms with Gasteiger partial charge >= 0.3 is 14.0 Å². The van der Waals surface area contributed by atoms with Crippen LogP contribution in [-0.4, -0.2) is 71.2 Å². The van der Waals surface area contributed by atoms with Crippen molar-refractivity contribution in [3.05, 3.63) is 41.7 Å². The number of phenolic OH excluding ortho intramolecular Hbond substituents is 1. The van der Waals surface area contributed by atoms with Crippen LogP contribution in [0.15, 0.2) is 36.4 Å². The van der Waals surface area contributed by atoms with E-state index < -0.39 is 20.7 Å². The molecule has 0 saturated carbocycles. The van der Waals surface area contributed by atoms with Crippen LogP contribution in [0.5, 0.6) is 17.5 Å². The third-order valence-electron chi connectivity index (χ3n) is 4.24. The van der Waals surface area contributed by atoms with Gasteiger partial charge in [-0.1, -0.05) is 0 Å². The van der Waals surface area contributed by atoms with E-state index >= 15 is 0 Å². The molecular formula is C19H18ClN7O6P+. The molecule has 0 aliphatic rings. The summed E-state index contributed by atoms with van der Waals surface area (Å²) < 4.78 is 21.8. The molecule has 0 radical (unpaired) electrons. The number of hydrogen-bond donors (Lipinski definition) is 4. The largest absolute Gasteiger partial charge is 0.552 e. The van der Waals surface area contributed by atoms with Crippen LogP contribution in [0.25, 0.3) is 16.7 Å². The van der Waals surface area contributed by atoms with Crippen LogP contribution < -0.4 is 14.6 Å². The van der Waals surface area contributed by atoms with E-state index in [-0.39, 0.29) is 35.3 Å². The van der Waals surface area contributed by atoms with E-state index in [1.54, 1.807) is 18.2 Å². The predicted octanol–water partition coefficient (Wildman–Crippen LogP) is 2.19. The van der Waals surface area contributed by atoms with Crippen molar-refractivity contribution in [2.45, 2.75) is 6.10 Å². The minimum atomic E-state index is -1.88. The first-order valence-corrected chi connectivity index (χ1v) is 11.7. The maximum absolute atomic E-state index is 11.4. The van der Waals surface area contributed by atoms with Gasteiger partial charge in [0.05, 0.1) is 6.61 Å². The summed E-state index contributed by atoms with van der Waals surface area (Å²) in [6.07, 6.45) is -1.09. The van der Waals surface area contributed by atoms with Gasteiger partial charge in [0, 0.05) is 11.8 Å². The standard InChI is InChI=1S/C19H17ClN7O6P/c1-34(31)33-12-3-5-16(30)15(7-12)27-25-13-4-2-10(6-14(13)26-27)21-18-22-17(20)23-19(24-18)32-9-11(29)8-28/h2-7,11,28-29H,8-9H2,1H3,(H-,21,22,23,24,26,30)/p+1. The van der Waals surface area contributed by atoms with Crippen LogP contribution >= 0.6 is 19.6 Å². The first kappa shape index (κ1) is 23.5. The topological polar surface area (TPSA) is 178 Å². The fraction of sp³-hybridized carbons (Fsp3) is 0.211. The molecule has 4 rings (SSSR count). The van der Waals surface area contributed by atoms with Crippen molar-refractivity contribution in [3.63, 3.8) is 0 Å². The predicted molar refractivity (Wildman–Crippen MR) is 121 cm³/mol. The minimum Gasteiger partial charge on any atom is -0.506 e. The van der Waals surface area contributed by atoms with Crippen molar-refractivity contribution in [3.8, 4) is 23.2 Å². The molecule has 0 amide bonds. The number of fused-ring (bicyclic) bond motifs is 1. The lowest BCUT2D eigenvalue weighted by molar-refractivity contribution is 0.0504. The summed E-state index contributed by atoms with van der Waals surface area (Å²) in [6, 6.07) is 9.31. The Balaban J connectivity index is 1.58. The quantitative estimate of drug-likeness (QED) is 0.243. The lowest BCUT2D eigenvalue weighted by atomic mass is 10.3. The lowest BCUT2D eigenvalue weighted by Gasteiger charge is -2.10. The van der Waals surface area contributed by atoms with E-state index in [2.05, 4.69) is 30.5 Å². The monoisotopic (exact) mass is 506 g/mol. The summed E-state index contributed by atoms with van der Waals surface area (Å²) in [6.45, 7) is 0.724.